The van der Waals surface area contributed by atoms with Gasteiger partial charge in [-0.05, 0) is 85.3 Å². The lowest BCUT2D eigenvalue weighted by Gasteiger charge is -2.16. The maximum Gasteiger partial charge on any atom is 0.193 e. The molecule has 1 atom stereocenters. The molecule has 0 saturated heterocycles. The molecule has 164 valence electrons. The summed E-state index contributed by atoms with van der Waals surface area (Å²) >= 11 is 11.8. The number of carbonyl (C=O) groups is 2. The Morgan fingerprint density at radius 1 is 0.576 bits per heavy atom. The van der Waals surface area contributed by atoms with Gasteiger partial charge < -0.3 is 4.74 Å². The molecule has 0 bridgehead atoms. The van der Waals surface area contributed by atoms with Gasteiger partial charge in [-0.25, -0.2) is 0 Å². The van der Waals surface area contributed by atoms with E-state index in [1.165, 1.54) is 0 Å². The Hall–Kier alpha value is -3.40. The van der Waals surface area contributed by atoms with Crippen molar-refractivity contribution in [3.05, 3.63) is 135 Å². The Morgan fingerprint density at radius 2 is 0.909 bits per heavy atom. The van der Waals surface area contributed by atoms with Gasteiger partial charge in [-0.15, -0.1) is 0 Å². The van der Waals surface area contributed by atoms with Gasteiger partial charge in [-0.3, -0.25) is 9.59 Å². The largest absolute Gasteiger partial charge is 0.486 e. The van der Waals surface area contributed by atoms with E-state index in [2.05, 4.69) is 0 Å². The van der Waals surface area contributed by atoms with E-state index < -0.39 is 0 Å². The molecule has 33 heavy (non-hydrogen) atoms. The zero-order chi connectivity index (χ0) is 23.4. The zero-order valence-corrected chi connectivity index (χ0v) is 19.3. The first-order chi connectivity index (χ1) is 15.9. The number of halogens is 2. The van der Waals surface area contributed by atoms with Crippen LogP contribution in [0.3, 0.4) is 0 Å². The molecule has 0 spiro atoms. The summed E-state index contributed by atoms with van der Waals surface area (Å²) in [6.45, 7) is 1.93. The van der Waals surface area contributed by atoms with Crippen molar-refractivity contribution in [1.82, 2.24) is 0 Å². The van der Waals surface area contributed by atoms with Crippen LogP contribution in [-0.4, -0.2) is 11.6 Å². The summed E-state index contributed by atoms with van der Waals surface area (Å²) < 4.78 is 6.03. The minimum atomic E-state index is -0.234. The Balaban J connectivity index is 1.41. The molecule has 0 aromatic heterocycles. The van der Waals surface area contributed by atoms with E-state index >= 15 is 0 Å². The highest BCUT2D eigenvalue weighted by atomic mass is 35.5. The van der Waals surface area contributed by atoms with Crippen molar-refractivity contribution in [3.8, 4) is 5.75 Å². The predicted octanol–water partition coefficient (Wildman–Crippen LogP) is 7.60. The molecule has 5 heteroatoms. The van der Waals surface area contributed by atoms with Gasteiger partial charge in [0.25, 0.3) is 0 Å². The Bertz CT molecular complexity index is 1260. The number of carbonyl (C=O) groups excluding carboxylic acids is 2. The van der Waals surface area contributed by atoms with Crippen molar-refractivity contribution < 1.29 is 14.3 Å². The van der Waals surface area contributed by atoms with Crippen molar-refractivity contribution in [2.45, 2.75) is 13.0 Å². The van der Waals surface area contributed by atoms with Crippen LogP contribution >= 0.6 is 23.2 Å². The maximum atomic E-state index is 12.6. The van der Waals surface area contributed by atoms with Gasteiger partial charge in [0.2, 0.25) is 0 Å². The van der Waals surface area contributed by atoms with Crippen molar-refractivity contribution in [1.29, 1.82) is 0 Å². The molecule has 0 aliphatic heterocycles. The SMILES string of the molecule is CC(Oc1ccc(C(=O)c2ccc(Cl)cc2)cc1)c1ccc(C(=O)c2ccc(Cl)cc2)cc1. The first-order valence-corrected chi connectivity index (χ1v) is 11.1. The number of hydrogen-bond acceptors (Lipinski definition) is 3. The quantitative estimate of drug-likeness (QED) is 0.259. The van der Waals surface area contributed by atoms with E-state index in [9.17, 15) is 9.59 Å². The van der Waals surface area contributed by atoms with Gasteiger partial charge in [0, 0.05) is 32.3 Å². The smallest absolute Gasteiger partial charge is 0.193 e. The minimum Gasteiger partial charge on any atom is -0.486 e. The standard InChI is InChI=1S/C28H20Cl2O3/c1-18(19-2-4-20(5-3-19)27(31)21-6-12-24(29)13-7-21)33-26-16-10-23(11-17-26)28(32)22-8-14-25(30)15-9-22/h2-18H,1H3. The second-order valence-corrected chi connectivity index (χ2v) is 8.45. The first kappa shape index (κ1) is 22.8. The highest BCUT2D eigenvalue weighted by Crippen LogP contribution is 2.24. The molecule has 4 aromatic carbocycles. The highest BCUT2D eigenvalue weighted by molar-refractivity contribution is 6.31. The Labute approximate surface area is 202 Å². The predicted molar refractivity (Wildman–Crippen MR) is 132 cm³/mol. The second-order valence-electron chi connectivity index (χ2n) is 7.58. The fourth-order valence-electron chi connectivity index (χ4n) is 3.40. The monoisotopic (exact) mass is 474 g/mol. The molecular formula is C28H20Cl2O3. The van der Waals surface area contributed by atoms with Crippen LogP contribution in [0.4, 0.5) is 0 Å². The number of benzene rings is 4. The van der Waals surface area contributed by atoms with Crippen molar-refractivity contribution >= 4 is 34.8 Å². The van der Waals surface area contributed by atoms with E-state index in [1.54, 1.807) is 84.9 Å². The first-order valence-electron chi connectivity index (χ1n) is 10.4. The molecule has 1 unspecified atom stereocenters. The summed E-state index contributed by atoms with van der Waals surface area (Å²) in [5.74, 6) is 0.511. The lowest BCUT2D eigenvalue weighted by molar-refractivity contribution is 0.103. The number of ketones is 2. The number of hydrogen-bond donors (Lipinski definition) is 0. The highest BCUT2D eigenvalue weighted by Gasteiger charge is 2.13. The topological polar surface area (TPSA) is 43.4 Å². The van der Waals surface area contributed by atoms with Crippen LogP contribution in [0.25, 0.3) is 0 Å². The molecule has 0 aliphatic carbocycles. The third kappa shape index (κ3) is 5.51. The van der Waals surface area contributed by atoms with Crippen LogP contribution in [0.15, 0.2) is 97.1 Å². The summed E-state index contributed by atoms with van der Waals surface area (Å²) in [5, 5.41) is 1.18. The van der Waals surface area contributed by atoms with Gasteiger partial charge in [0.1, 0.15) is 11.9 Å². The molecule has 0 N–H and O–H groups in total. The van der Waals surface area contributed by atoms with Crippen molar-refractivity contribution in [2.24, 2.45) is 0 Å². The van der Waals surface area contributed by atoms with Gasteiger partial charge in [0.05, 0.1) is 0 Å². The molecule has 0 amide bonds. The van der Waals surface area contributed by atoms with Crippen LogP contribution in [0.2, 0.25) is 10.0 Å². The van der Waals surface area contributed by atoms with Crippen LogP contribution in [-0.2, 0) is 0 Å². The third-order valence-electron chi connectivity index (χ3n) is 5.28. The van der Waals surface area contributed by atoms with Gasteiger partial charge in [0.15, 0.2) is 11.6 Å². The molecule has 0 radical (unpaired) electrons. The van der Waals surface area contributed by atoms with Crippen LogP contribution in [0.5, 0.6) is 5.75 Å². The third-order valence-corrected chi connectivity index (χ3v) is 5.79. The van der Waals surface area contributed by atoms with Gasteiger partial charge in [-0.1, -0.05) is 47.5 Å². The lowest BCUT2D eigenvalue weighted by atomic mass is 10.0. The van der Waals surface area contributed by atoms with E-state index in [4.69, 9.17) is 27.9 Å². The van der Waals surface area contributed by atoms with Crippen molar-refractivity contribution in [2.75, 3.05) is 0 Å². The number of ether oxygens (including phenoxy) is 1. The average molecular weight is 475 g/mol. The van der Waals surface area contributed by atoms with Crippen LogP contribution in [0.1, 0.15) is 50.4 Å². The summed E-state index contributed by atoms with van der Waals surface area (Å²) in [7, 11) is 0. The van der Waals surface area contributed by atoms with Gasteiger partial charge >= 0.3 is 0 Å². The summed E-state index contributed by atoms with van der Waals surface area (Å²) in [6.07, 6.45) is -0.234. The van der Waals surface area contributed by atoms with Gasteiger partial charge in [-0.2, -0.15) is 0 Å². The average Bonchev–Trinajstić information content (AvgIpc) is 2.85. The fraction of sp³-hybridized carbons (Fsp3) is 0.0714. The molecular weight excluding hydrogens is 455 g/mol. The summed E-state index contributed by atoms with van der Waals surface area (Å²) in [4.78, 5) is 25.2. The van der Waals surface area contributed by atoms with Crippen LogP contribution < -0.4 is 4.74 Å². The van der Waals surface area contributed by atoms with Crippen LogP contribution in [0, 0.1) is 0 Å². The number of rotatable bonds is 7. The Morgan fingerprint density at radius 3 is 1.30 bits per heavy atom. The summed E-state index contributed by atoms with van der Waals surface area (Å²) in [6, 6.07) is 28.0. The van der Waals surface area contributed by atoms with E-state index in [-0.39, 0.29) is 17.7 Å². The second kappa shape index (κ2) is 10.0. The molecule has 4 aromatic rings. The van der Waals surface area contributed by atoms with E-state index in [1.807, 2.05) is 19.1 Å². The van der Waals surface area contributed by atoms with E-state index in [0.29, 0.717) is 38.0 Å². The molecule has 3 nitrogen and oxygen atoms in total. The Kier molecular flexibility index (Phi) is 6.93. The molecule has 0 saturated carbocycles. The molecule has 0 heterocycles. The maximum absolute atomic E-state index is 12.6. The lowest BCUT2D eigenvalue weighted by Crippen LogP contribution is -2.06. The molecule has 0 aliphatic rings. The van der Waals surface area contributed by atoms with Crippen molar-refractivity contribution in [3.63, 3.8) is 0 Å². The molecule has 0 fully saturated rings. The zero-order valence-electron chi connectivity index (χ0n) is 17.8. The molecule has 4 rings (SSSR count). The minimum absolute atomic E-state index is 0.0623. The normalized spacial score (nSPS) is 11.6. The van der Waals surface area contributed by atoms with E-state index in [0.717, 1.165) is 5.56 Å². The fourth-order valence-corrected chi connectivity index (χ4v) is 3.65. The summed E-state index contributed by atoms with van der Waals surface area (Å²) in [5.41, 5.74) is 3.27.